The largest absolute Gasteiger partial charge is 0.497 e. The van der Waals surface area contributed by atoms with Crippen LogP contribution in [0.25, 0.3) is 0 Å². The maximum absolute atomic E-state index is 5.23. The molecular weight excluding hydrogens is 250 g/mol. The van der Waals surface area contributed by atoms with Gasteiger partial charge in [-0.3, -0.25) is 4.68 Å². The number of nitrogens with zero attached hydrogens (tertiary/aromatic N) is 2. The van der Waals surface area contributed by atoms with Crippen molar-refractivity contribution in [3.05, 3.63) is 42.2 Å². The number of rotatable bonds is 5. The molecule has 4 nitrogen and oxygen atoms in total. The first-order valence-corrected chi connectivity index (χ1v) is 7.26. The number of nitrogens with one attached hydrogen (secondary N) is 1. The molecule has 1 fully saturated rings. The summed E-state index contributed by atoms with van der Waals surface area (Å²) in [6.07, 6.45) is 9.22. The van der Waals surface area contributed by atoms with Gasteiger partial charge in [0.15, 0.2) is 0 Å². The molecule has 0 spiro atoms. The molecule has 106 valence electrons. The molecule has 4 heteroatoms. The highest BCUT2D eigenvalue weighted by molar-refractivity contribution is 5.40. The average molecular weight is 271 g/mol. The number of aromatic nitrogens is 2. The van der Waals surface area contributed by atoms with Gasteiger partial charge in [0.1, 0.15) is 5.75 Å². The second kappa shape index (κ2) is 5.99. The van der Waals surface area contributed by atoms with Crippen molar-refractivity contribution in [3.8, 4) is 5.75 Å². The van der Waals surface area contributed by atoms with Crippen LogP contribution in [0, 0.1) is 0 Å². The molecule has 3 rings (SSSR count). The molecule has 1 aromatic carbocycles. The van der Waals surface area contributed by atoms with Gasteiger partial charge < -0.3 is 10.1 Å². The van der Waals surface area contributed by atoms with Crippen LogP contribution in [0.15, 0.2) is 36.7 Å². The van der Waals surface area contributed by atoms with Gasteiger partial charge >= 0.3 is 0 Å². The Kier molecular flexibility index (Phi) is 3.90. The van der Waals surface area contributed by atoms with Crippen molar-refractivity contribution in [2.75, 3.05) is 12.4 Å². The minimum Gasteiger partial charge on any atom is -0.497 e. The summed E-state index contributed by atoms with van der Waals surface area (Å²) in [6, 6.07) is 8.72. The van der Waals surface area contributed by atoms with Gasteiger partial charge in [0.2, 0.25) is 0 Å². The second-order valence-electron chi connectivity index (χ2n) is 5.35. The minimum absolute atomic E-state index is 0.599. The third kappa shape index (κ3) is 2.95. The highest BCUT2D eigenvalue weighted by Crippen LogP contribution is 2.29. The number of anilines is 1. The van der Waals surface area contributed by atoms with E-state index in [4.69, 9.17) is 4.74 Å². The Morgan fingerprint density at radius 3 is 3.00 bits per heavy atom. The van der Waals surface area contributed by atoms with Crippen molar-refractivity contribution in [2.24, 2.45) is 0 Å². The zero-order valence-corrected chi connectivity index (χ0v) is 11.9. The molecule has 0 atom stereocenters. The number of benzene rings is 1. The van der Waals surface area contributed by atoms with Crippen molar-refractivity contribution in [1.29, 1.82) is 0 Å². The van der Waals surface area contributed by atoms with Gasteiger partial charge in [0.05, 0.1) is 25.0 Å². The number of hydrogen-bond acceptors (Lipinski definition) is 3. The van der Waals surface area contributed by atoms with Gasteiger partial charge in [-0.05, 0) is 30.5 Å². The molecular formula is C16H21N3O. The van der Waals surface area contributed by atoms with Gasteiger partial charge in [-0.2, -0.15) is 5.10 Å². The van der Waals surface area contributed by atoms with Crippen LogP contribution < -0.4 is 10.1 Å². The lowest BCUT2D eigenvalue weighted by Crippen LogP contribution is -2.04. The molecule has 0 radical (unpaired) electrons. The van der Waals surface area contributed by atoms with Gasteiger partial charge in [0, 0.05) is 12.7 Å². The highest BCUT2D eigenvalue weighted by Gasteiger charge is 2.17. The van der Waals surface area contributed by atoms with E-state index in [0.29, 0.717) is 6.04 Å². The summed E-state index contributed by atoms with van der Waals surface area (Å²) >= 11 is 0. The van der Waals surface area contributed by atoms with Crippen LogP contribution in [0.5, 0.6) is 5.75 Å². The Bertz CT molecular complexity index is 558. The van der Waals surface area contributed by atoms with Crippen LogP contribution >= 0.6 is 0 Å². The molecule has 1 aliphatic rings. The monoisotopic (exact) mass is 271 g/mol. The molecule has 1 heterocycles. The Morgan fingerprint density at radius 1 is 1.35 bits per heavy atom. The summed E-state index contributed by atoms with van der Waals surface area (Å²) in [5.41, 5.74) is 2.29. The Morgan fingerprint density at radius 2 is 2.20 bits per heavy atom. The highest BCUT2D eigenvalue weighted by atomic mass is 16.5. The zero-order chi connectivity index (χ0) is 13.8. The van der Waals surface area contributed by atoms with Gasteiger partial charge in [0.25, 0.3) is 0 Å². The summed E-state index contributed by atoms with van der Waals surface area (Å²) < 4.78 is 7.35. The van der Waals surface area contributed by atoms with Crippen LogP contribution in [0.2, 0.25) is 0 Å². The van der Waals surface area contributed by atoms with Gasteiger partial charge in [-0.15, -0.1) is 0 Å². The van der Waals surface area contributed by atoms with E-state index in [-0.39, 0.29) is 0 Å². The predicted octanol–water partition coefficient (Wildman–Crippen LogP) is 3.62. The lowest BCUT2D eigenvalue weighted by molar-refractivity contribution is 0.414. The molecule has 1 saturated carbocycles. The third-order valence-electron chi connectivity index (χ3n) is 3.93. The standard InChI is InChI=1S/C16H21N3O/c1-20-16-8-4-5-13(9-16)10-17-14-11-18-19(12-14)15-6-2-3-7-15/h4-5,8-9,11-12,15,17H,2-3,6-7,10H2,1H3. The van der Waals surface area contributed by atoms with Crippen molar-refractivity contribution in [1.82, 2.24) is 9.78 Å². The average Bonchev–Trinajstić information content (AvgIpc) is 3.16. The zero-order valence-electron chi connectivity index (χ0n) is 11.9. The fraction of sp³-hybridized carbons (Fsp3) is 0.438. The van der Waals surface area contributed by atoms with Crippen LogP contribution in [-0.2, 0) is 6.54 Å². The smallest absolute Gasteiger partial charge is 0.119 e. The Hall–Kier alpha value is -1.97. The lowest BCUT2D eigenvalue weighted by atomic mass is 10.2. The normalized spacial score (nSPS) is 15.4. The minimum atomic E-state index is 0.599. The van der Waals surface area contributed by atoms with E-state index >= 15 is 0 Å². The first-order chi connectivity index (χ1) is 9.85. The molecule has 0 unspecified atom stereocenters. The summed E-state index contributed by atoms with van der Waals surface area (Å²) in [5.74, 6) is 0.894. The molecule has 0 aliphatic heterocycles. The van der Waals surface area contributed by atoms with Crippen LogP contribution in [-0.4, -0.2) is 16.9 Å². The van der Waals surface area contributed by atoms with Crippen LogP contribution in [0.3, 0.4) is 0 Å². The van der Waals surface area contributed by atoms with Gasteiger partial charge in [-0.1, -0.05) is 25.0 Å². The Balaban J connectivity index is 1.60. The van der Waals surface area contributed by atoms with E-state index in [1.165, 1.54) is 31.2 Å². The van der Waals surface area contributed by atoms with E-state index < -0.39 is 0 Å². The van der Waals surface area contributed by atoms with Crippen LogP contribution in [0.4, 0.5) is 5.69 Å². The third-order valence-corrected chi connectivity index (χ3v) is 3.93. The topological polar surface area (TPSA) is 39.1 Å². The molecule has 0 bridgehead atoms. The number of hydrogen-bond donors (Lipinski definition) is 1. The fourth-order valence-electron chi connectivity index (χ4n) is 2.78. The maximum atomic E-state index is 5.23. The fourth-order valence-corrected chi connectivity index (χ4v) is 2.78. The number of methoxy groups -OCH3 is 1. The van der Waals surface area contributed by atoms with E-state index in [0.717, 1.165) is 18.0 Å². The van der Waals surface area contributed by atoms with Crippen LogP contribution in [0.1, 0.15) is 37.3 Å². The van der Waals surface area contributed by atoms with Crippen molar-refractivity contribution in [3.63, 3.8) is 0 Å². The van der Waals surface area contributed by atoms with Crippen molar-refractivity contribution >= 4 is 5.69 Å². The molecule has 20 heavy (non-hydrogen) atoms. The molecule has 1 aromatic heterocycles. The molecule has 1 N–H and O–H groups in total. The molecule has 0 saturated heterocycles. The van der Waals surface area contributed by atoms with E-state index in [9.17, 15) is 0 Å². The maximum Gasteiger partial charge on any atom is 0.119 e. The summed E-state index contributed by atoms with van der Waals surface area (Å²) in [6.45, 7) is 0.785. The van der Waals surface area contributed by atoms with Gasteiger partial charge in [-0.25, -0.2) is 0 Å². The van der Waals surface area contributed by atoms with Crippen molar-refractivity contribution in [2.45, 2.75) is 38.3 Å². The number of ether oxygens (including phenoxy) is 1. The first kappa shape index (κ1) is 13.0. The van der Waals surface area contributed by atoms with Crippen molar-refractivity contribution < 1.29 is 4.74 Å². The Labute approximate surface area is 119 Å². The molecule has 0 amide bonds. The summed E-state index contributed by atoms with van der Waals surface area (Å²) in [7, 11) is 1.69. The van der Waals surface area contributed by atoms with E-state index in [1.54, 1.807) is 7.11 Å². The van der Waals surface area contributed by atoms with E-state index in [1.807, 2.05) is 24.4 Å². The second-order valence-corrected chi connectivity index (χ2v) is 5.35. The summed E-state index contributed by atoms with van der Waals surface area (Å²) in [5, 5.41) is 7.89. The summed E-state index contributed by atoms with van der Waals surface area (Å²) in [4.78, 5) is 0. The lowest BCUT2D eigenvalue weighted by Gasteiger charge is -2.09. The molecule has 2 aromatic rings. The quantitative estimate of drug-likeness (QED) is 0.902. The van der Waals surface area contributed by atoms with E-state index in [2.05, 4.69) is 27.4 Å². The first-order valence-electron chi connectivity index (χ1n) is 7.26. The predicted molar refractivity (Wildman–Crippen MR) is 80.1 cm³/mol. The SMILES string of the molecule is COc1cccc(CNc2cnn(C3CCCC3)c2)c1. The molecule has 1 aliphatic carbocycles.